The highest BCUT2D eigenvalue weighted by Crippen LogP contribution is 2.48. The van der Waals surface area contributed by atoms with Crippen molar-refractivity contribution in [1.82, 2.24) is 4.98 Å². The Kier molecular flexibility index (Phi) is 7.17. The standard InChI is InChI=1S/C55H33NS/c1-2-13-35(14-3-1)52-40-16-4-6-18-42(40)55(43-19-7-5-17-41(43)52)38-26-28-39-48-31-36(27-29-50(48)57-51(39)33-38)53-44-20-8-10-22-46(44)54(47-23-11-9-21-45(47)53)37-25-24-34-15-12-30-56-49(34)32-37/h1-33H. The van der Waals surface area contributed by atoms with E-state index in [4.69, 9.17) is 4.98 Å². The third-order valence-corrected chi connectivity index (χ3v) is 13.0. The summed E-state index contributed by atoms with van der Waals surface area (Å²) in [7, 11) is 0. The molecule has 0 aliphatic carbocycles. The summed E-state index contributed by atoms with van der Waals surface area (Å²) in [6.45, 7) is 0. The van der Waals surface area contributed by atoms with Crippen molar-refractivity contribution in [1.29, 1.82) is 0 Å². The van der Waals surface area contributed by atoms with Gasteiger partial charge < -0.3 is 0 Å². The number of hydrogen-bond donors (Lipinski definition) is 0. The molecule has 264 valence electrons. The third-order valence-electron chi connectivity index (χ3n) is 11.9. The van der Waals surface area contributed by atoms with Gasteiger partial charge in [-0.1, -0.05) is 164 Å². The molecular formula is C55H33NS. The van der Waals surface area contributed by atoms with E-state index < -0.39 is 0 Å². The zero-order valence-electron chi connectivity index (χ0n) is 30.9. The number of pyridine rings is 1. The van der Waals surface area contributed by atoms with Crippen LogP contribution in [0, 0.1) is 0 Å². The molecule has 0 unspecified atom stereocenters. The van der Waals surface area contributed by atoms with E-state index in [0.29, 0.717) is 0 Å². The van der Waals surface area contributed by atoms with Crippen molar-refractivity contribution in [3.8, 4) is 44.5 Å². The largest absolute Gasteiger partial charge is 0.256 e. The molecule has 0 amide bonds. The Morgan fingerprint density at radius 3 is 1.30 bits per heavy atom. The second-order valence-electron chi connectivity index (χ2n) is 15.0. The van der Waals surface area contributed by atoms with Crippen LogP contribution in [0.25, 0.3) is 119 Å². The lowest BCUT2D eigenvalue weighted by molar-refractivity contribution is 1.41. The molecule has 0 aliphatic rings. The molecule has 0 atom stereocenters. The summed E-state index contributed by atoms with van der Waals surface area (Å²) in [6, 6.07) is 71.5. The molecule has 0 radical (unpaired) electrons. The van der Waals surface area contributed by atoms with Gasteiger partial charge >= 0.3 is 0 Å². The van der Waals surface area contributed by atoms with Crippen molar-refractivity contribution in [3.63, 3.8) is 0 Å². The molecule has 12 rings (SSSR count). The summed E-state index contributed by atoms with van der Waals surface area (Å²) in [5, 5.41) is 13.9. The van der Waals surface area contributed by atoms with Crippen molar-refractivity contribution in [2.75, 3.05) is 0 Å². The maximum atomic E-state index is 4.71. The van der Waals surface area contributed by atoms with Gasteiger partial charge in [-0.2, -0.15) is 0 Å². The van der Waals surface area contributed by atoms with Crippen LogP contribution in [0.4, 0.5) is 0 Å². The SMILES string of the molecule is c1ccc(-c2c3ccccc3c(-c3ccc4c(c3)sc3ccc(-c5c6ccccc6c(-c6ccc7cccnc7c6)c6ccccc56)cc34)c3ccccc23)cc1. The van der Waals surface area contributed by atoms with Gasteiger partial charge in [-0.25, -0.2) is 0 Å². The van der Waals surface area contributed by atoms with Crippen molar-refractivity contribution in [2.45, 2.75) is 0 Å². The predicted octanol–water partition coefficient (Wildman–Crippen LogP) is 15.9. The smallest absolute Gasteiger partial charge is 0.0708 e. The van der Waals surface area contributed by atoms with E-state index in [9.17, 15) is 0 Å². The topological polar surface area (TPSA) is 12.9 Å². The van der Waals surface area contributed by atoms with Crippen LogP contribution in [0.5, 0.6) is 0 Å². The van der Waals surface area contributed by atoms with Gasteiger partial charge in [-0.15, -0.1) is 11.3 Å². The number of aromatic nitrogens is 1. The third kappa shape index (κ3) is 4.98. The van der Waals surface area contributed by atoms with Gasteiger partial charge in [0, 0.05) is 31.8 Å². The van der Waals surface area contributed by atoms with Crippen molar-refractivity contribution in [3.05, 3.63) is 200 Å². The number of thiophene rings is 1. The molecule has 1 nitrogen and oxygen atoms in total. The second kappa shape index (κ2) is 12.7. The molecule has 0 saturated carbocycles. The predicted molar refractivity (Wildman–Crippen MR) is 246 cm³/mol. The Morgan fingerprint density at radius 2 is 0.737 bits per heavy atom. The summed E-state index contributed by atoms with van der Waals surface area (Å²) in [6.07, 6.45) is 1.88. The van der Waals surface area contributed by atoms with Crippen molar-refractivity contribution < 1.29 is 0 Å². The molecule has 12 aromatic rings. The number of benzene rings is 10. The Balaban J connectivity index is 1.06. The lowest BCUT2D eigenvalue weighted by atomic mass is 9.85. The summed E-state index contributed by atoms with van der Waals surface area (Å²) < 4.78 is 2.60. The van der Waals surface area contributed by atoms with E-state index in [2.05, 4.69) is 188 Å². The van der Waals surface area contributed by atoms with Crippen LogP contribution >= 0.6 is 11.3 Å². The molecular weight excluding hydrogens is 707 g/mol. The van der Waals surface area contributed by atoms with Gasteiger partial charge in [0.05, 0.1) is 5.52 Å². The average Bonchev–Trinajstić information content (AvgIpc) is 3.64. The number of hydrogen-bond acceptors (Lipinski definition) is 2. The zero-order chi connectivity index (χ0) is 37.5. The molecule has 0 bridgehead atoms. The first-order valence-electron chi connectivity index (χ1n) is 19.5. The first-order chi connectivity index (χ1) is 28.3. The van der Waals surface area contributed by atoms with Gasteiger partial charge in [0.2, 0.25) is 0 Å². The van der Waals surface area contributed by atoms with E-state index in [-0.39, 0.29) is 0 Å². The highest BCUT2D eigenvalue weighted by Gasteiger charge is 2.20. The van der Waals surface area contributed by atoms with Gasteiger partial charge in [-0.3, -0.25) is 4.98 Å². The first kappa shape index (κ1) is 32.1. The summed E-state index contributed by atoms with van der Waals surface area (Å²) >= 11 is 1.89. The molecule has 0 saturated heterocycles. The Bertz CT molecular complexity index is 3460. The van der Waals surface area contributed by atoms with Crippen LogP contribution < -0.4 is 0 Å². The molecule has 57 heavy (non-hydrogen) atoms. The van der Waals surface area contributed by atoms with Gasteiger partial charge in [0.15, 0.2) is 0 Å². The highest BCUT2D eigenvalue weighted by molar-refractivity contribution is 7.25. The van der Waals surface area contributed by atoms with E-state index in [1.807, 2.05) is 23.6 Å². The van der Waals surface area contributed by atoms with Crippen LogP contribution in [-0.4, -0.2) is 4.98 Å². The maximum Gasteiger partial charge on any atom is 0.0708 e. The quantitative estimate of drug-likeness (QED) is 0.164. The monoisotopic (exact) mass is 739 g/mol. The molecule has 0 spiro atoms. The van der Waals surface area contributed by atoms with Crippen molar-refractivity contribution >= 4 is 85.5 Å². The van der Waals surface area contributed by atoms with Crippen molar-refractivity contribution in [2.24, 2.45) is 0 Å². The zero-order valence-corrected chi connectivity index (χ0v) is 31.7. The molecule has 0 aliphatic heterocycles. The summed E-state index contributed by atoms with van der Waals surface area (Å²) in [5.41, 5.74) is 11.0. The number of fused-ring (bicyclic) bond motifs is 8. The summed E-state index contributed by atoms with van der Waals surface area (Å²) in [5.74, 6) is 0. The van der Waals surface area contributed by atoms with E-state index in [0.717, 1.165) is 10.9 Å². The Hall–Kier alpha value is -7.13. The van der Waals surface area contributed by atoms with E-state index in [1.54, 1.807) is 0 Å². The number of nitrogens with zero attached hydrogens (tertiary/aromatic N) is 1. The minimum absolute atomic E-state index is 1.01. The van der Waals surface area contributed by atoms with E-state index >= 15 is 0 Å². The average molecular weight is 740 g/mol. The lowest BCUT2D eigenvalue weighted by Crippen LogP contribution is -1.91. The molecule has 2 heteroatoms. The minimum Gasteiger partial charge on any atom is -0.256 e. The Morgan fingerprint density at radius 1 is 0.281 bits per heavy atom. The van der Waals surface area contributed by atoms with Crippen LogP contribution in [0.3, 0.4) is 0 Å². The van der Waals surface area contributed by atoms with Gasteiger partial charge in [0.1, 0.15) is 0 Å². The van der Waals surface area contributed by atoms with Crippen LogP contribution in [-0.2, 0) is 0 Å². The molecule has 10 aromatic carbocycles. The van der Waals surface area contributed by atoms with E-state index in [1.165, 1.54) is 108 Å². The van der Waals surface area contributed by atoms with Crippen LogP contribution in [0.1, 0.15) is 0 Å². The van der Waals surface area contributed by atoms with Gasteiger partial charge in [0.25, 0.3) is 0 Å². The minimum atomic E-state index is 1.01. The van der Waals surface area contributed by atoms with Crippen LogP contribution in [0.2, 0.25) is 0 Å². The lowest BCUT2D eigenvalue weighted by Gasteiger charge is -2.18. The second-order valence-corrected chi connectivity index (χ2v) is 16.1. The van der Waals surface area contributed by atoms with Crippen LogP contribution in [0.15, 0.2) is 200 Å². The number of rotatable bonds is 4. The summed E-state index contributed by atoms with van der Waals surface area (Å²) in [4.78, 5) is 4.71. The highest BCUT2D eigenvalue weighted by atomic mass is 32.1. The fourth-order valence-electron chi connectivity index (χ4n) is 9.42. The molecule has 0 N–H and O–H groups in total. The molecule has 2 heterocycles. The maximum absolute atomic E-state index is 4.71. The fraction of sp³-hybridized carbons (Fsp3) is 0. The molecule has 0 fully saturated rings. The molecule has 2 aromatic heterocycles. The fourth-order valence-corrected chi connectivity index (χ4v) is 10.5. The first-order valence-corrected chi connectivity index (χ1v) is 20.3. The van der Waals surface area contributed by atoms with Gasteiger partial charge in [-0.05, 0) is 118 Å². The Labute approximate surface area is 333 Å². The normalized spacial score (nSPS) is 11.9.